The Morgan fingerprint density at radius 3 is 2.32 bits per heavy atom. The van der Waals surface area contributed by atoms with Crippen molar-refractivity contribution in [1.82, 2.24) is 9.47 Å². The Bertz CT molecular complexity index is 1150. The lowest BCUT2D eigenvalue weighted by Gasteiger charge is -2.16. The minimum atomic E-state index is -3.75. The van der Waals surface area contributed by atoms with Crippen molar-refractivity contribution >= 4 is 15.8 Å². The van der Waals surface area contributed by atoms with Gasteiger partial charge in [0.15, 0.2) is 5.78 Å². The van der Waals surface area contributed by atoms with Crippen LogP contribution in [-0.4, -0.2) is 50.4 Å². The highest BCUT2D eigenvalue weighted by atomic mass is 32.2. The van der Waals surface area contributed by atoms with Crippen molar-refractivity contribution in [3.63, 3.8) is 0 Å². The summed E-state index contributed by atoms with van der Waals surface area (Å²) in [5, 5.41) is 5.17. The standard InChI is InChI=1S/C23H27N3O4S/c1-17-15-22(18(2)26(17)19-9-11-21(12-10-19)31(24,28)29)23(27)16-25(3)13-14-30-20-7-5-4-6-8-20/h4-12,15H,13-14,16H2,1-3H3,(H2,24,28,29). The third-order valence-corrected chi connectivity index (χ3v) is 5.98. The van der Waals surface area contributed by atoms with Gasteiger partial charge in [-0.2, -0.15) is 0 Å². The summed E-state index contributed by atoms with van der Waals surface area (Å²) in [5.74, 6) is 0.821. The van der Waals surface area contributed by atoms with Gasteiger partial charge in [-0.05, 0) is 63.4 Å². The number of likely N-dealkylation sites (N-methyl/N-ethyl adjacent to an activating group) is 1. The summed E-state index contributed by atoms with van der Waals surface area (Å²) in [4.78, 5) is 14.9. The normalized spacial score (nSPS) is 11.6. The number of para-hydroxylation sites is 1. The number of Topliss-reactive ketones (excluding diaryl/α,β-unsaturated/α-hetero) is 1. The van der Waals surface area contributed by atoms with Gasteiger partial charge >= 0.3 is 0 Å². The fourth-order valence-electron chi connectivity index (χ4n) is 3.47. The van der Waals surface area contributed by atoms with E-state index in [1.165, 1.54) is 12.1 Å². The number of sulfonamides is 1. The average Bonchev–Trinajstić information content (AvgIpc) is 3.02. The number of aryl methyl sites for hydroxylation is 1. The summed E-state index contributed by atoms with van der Waals surface area (Å²) in [5.41, 5.74) is 3.11. The maximum Gasteiger partial charge on any atom is 0.238 e. The number of benzene rings is 2. The summed E-state index contributed by atoms with van der Waals surface area (Å²) < 4.78 is 30.6. The van der Waals surface area contributed by atoms with E-state index in [2.05, 4.69) is 0 Å². The van der Waals surface area contributed by atoms with Crippen molar-refractivity contribution in [2.75, 3.05) is 26.7 Å². The molecule has 0 bridgehead atoms. The van der Waals surface area contributed by atoms with Gasteiger partial charge in [0.2, 0.25) is 10.0 Å². The first-order valence-corrected chi connectivity index (χ1v) is 11.4. The van der Waals surface area contributed by atoms with Crippen LogP contribution < -0.4 is 9.88 Å². The molecule has 0 aliphatic carbocycles. The molecule has 164 valence electrons. The first kappa shape index (κ1) is 22.7. The minimum absolute atomic E-state index is 0.0164. The molecule has 0 saturated heterocycles. The number of carbonyl (C=O) groups excluding carboxylic acids is 1. The molecule has 0 aliphatic rings. The zero-order valence-corrected chi connectivity index (χ0v) is 18.7. The lowest BCUT2D eigenvalue weighted by atomic mass is 10.1. The molecular weight excluding hydrogens is 414 g/mol. The molecule has 3 rings (SSSR count). The second-order valence-electron chi connectivity index (χ2n) is 7.48. The maximum absolute atomic E-state index is 12.9. The maximum atomic E-state index is 12.9. The summed E-state index contributed by atoms with van der Waals surface area (Å²) in [6.07, 6.45) is 0. The van der Waals surface area contributed by atoms with Crippen molar-refractivity contribution in [1.29, 1.82) is 0 Å². The Kier molecular flexibility index (Phi) is 6.94. The van der Waals surface area contributed by atoms with E-state index in [0.717, 1.165) is 22.8 Å². The van der Waals surface area contributed by atoms with Gasteiger partial charge in [-0.15, -0.1) is 0 Å². The van der Waals surface area contributed by atoms with Gasteiger partial charge < -0.3 is 9.30 Å². The van der Waals surface area contributed by atoms with Crippen molar-refractivity contribution < 1.29 is 17.9 Å². The van der Waals surface area contributed by atoms with Gasteiger partial charge in [0.1, 0.15) is 12.4 Å². The lowest BCUT2D eigenvalue weighted by molar-refractivity contribution is 0.0937. The smallest absolute Gasteiger partial charge is 0.238 e. The van der Waals surface area contributed by atoms with Gasteiger partial charge in [-0.1, -0.05) is 18.2 Å². The zero-order valence-electron chi connectivity index (χ0n) is 17.9. The van der Waals surface area contributed by atoms with Crippen LogP contribution in [0.15, 0.2) is 65.6 Å². The van der Waals surface area contributed by atoms with Gasteiger partial charge in [-0.3, -0.25) is 9.69 Å². The van der Waals surface area contributed by atoms with E-state index in [9.17, 15) is 13.2 Å². The first-order chi connectivity index (χ1) is 14.7. The van der Waals surface area contributed by atoms with E-state index < -0.39 is 10.0 Å². The molecule has 1 aromatic heterocycles. The highest BCUT2D eigenvalue weighted by Crippen LogP contribution is 2.22. The van der Waals surface area contributed by atoms with Gasteiger partial charge in [-0.25, -0.2) is 13.6 Å². The molecule has 0 fully saturated rings. The molecule has 0 radical (unpaired) electrons. The van der Waals surface area contributed by atoms with E-state index in [1.54, 1.807) is 12.1 Å². The van der Waals surface area contributed by atoms with Crippen LogP contribution in [0.3, 0.4) is 0 Å². The molecular formula is C23H27N3O4S. The fourth-order valence-corrected chi connectivity index (χ4v) is 3.99. The first-order valence-electron chi connectivity index (χ1n) is 9.88. The van der Waals surface area contributed by atoms with E-state index in [0.29, 0.717) is 18.7 Å². The molecule has 31 heavy (non-hydrogen) atoms. The van der Waals surface area contributed by atoms with Crippen LogP contribution in [0.1, 0.15) is 21.7 Å². The van der Waals surface area contributed by atoms with Crippen LogP contribution in [0.5, 0.6) is 5.75 Å². The lowest BCUT2D eigenvalue weighted by Crippen LogP contribution is -2.30. The summed E-state index contributed by atoms with van der Waals surface area (Å²) in [6, 6.07) is 17.7. The van der Waals surface area contributed by atoms with E-state index in [-0.39, 0.29) is 17.2 Å². The Labute approximate surface area is 183 Å². The monoisotopic (exact) mass is 441 g/mol. The zero-order chi connectivity index (χ0) is 22.6. The molecule has 0 spiro atoms. The Balaban J connectivity index is 1.67. The van der Waals surface area contributed by atoms with E-state index >= 15 is 0 Å². The van der Waals surface area contributed by atoms with E-state index in [4.69, 9.17) is 9.88 Å². The molecule has 2 aromatic carbocycles. The molecule has 3 aromatic rings. The van der Waals surface area contributed by atoms with Crippen LogP contribution in [-0.2, 0) is 10.0 Å². The predicted octanol–water partition coefficient (Wildman–Crippen LogP) is 2.94. The van der Waals surface area contributed by atoms with E-state index in [1.807, 2.05) is 66.8 Å². The average molecular weight is 442 g/mol. The number of nitrogens with two attached hydrogens (primary N) is 1. The Morgan fingerprint density at radius 2 is 1.71 bits per heavy atom. The number of ketones is 1. The predicted molar refractivity (Wildman–Crippen MR) is 120 cm³/mol. The van der Waals surface area contributed by atoms with Crippen molar-refractivity contribution in [2.45, 2.75) is 18.7 Å². The third kappa shape index (κ3) is 5.61. The summed E-state index contributed by atoms with van der Waals surface area (Å²) >= 11 is 0. The number of nitrogens with zero attached hydrogens (tertiary/aromatic N) is 2. The molecule has 7 nitrogen and oxygen atoms in total. The molecule has 0 atom stereocenters. The minimum Gasteiger partial charge on any atom is -0.492 e. The number of hydrogen-bond donors (Lipinski definition) is 1. The van der Waals surface area contributed by atoms with Gasteiger partial charge in [0.05, 0.1) is 11.4 Å². The Hall–Kier alpha value is -2.94. The molecule has 2 N–H and O–H groups in total. The number of carbonyl (C=O) groups is 1. The van der Waals surface area contributed by atoms with Gasteiger partial charge in [0, 0.05) is 29.2 Å². The van der Waals surface area contributed by atoms with Gasteiger partial charge in [0.25, 0.3) is 0 Å². The summed E-state index contributed by atoms with van der Waals surface area (Å²) in [6.45, 7) is 5.17. The van der Waals surface area contributed by atoms with Crippen molar-refractivity contribution in [2.24, 2.45) is 5.14 Å². The third-order valence-electron chi connectivity index (χ3n) is 5.05. The van der Waals surface area contributed by atoms with Crippen LogP contribution >= 0.6 is 0 Å². The molecule has 0 amide bonds. The number of primary sulfonamides is 1. The Morgan fingerprint density at radius 1 is 1.06 bits per heavy atom. The molecule has 0 saturated carbocycles. The topological polar surface area (TPSA) is 94.6 Å². The highest BCUT2D eigenvalue weighted by Gasteiger charge is 2.18. The number of aromatic nitrogens is 1. The van der Waals surface area contributed by atoms with Crippen LogP contribution in [0.2, 0.25) is 0 Å². The molecule has 0 unspecified atom stereocenters. The highest BCUT2D eigenvalue weighted by molar-refractivity contribution is 7.89. The molecule has 8 heteroatoms. The number of hydrogen-bond acceptors (Lipinski definition) is 5. The number of ether oxygens (including phenoxy) is 1. The van der Waals surface area contributed by atoms with Crippen molar-refractivity contribution in [3.8, 4) is 11.4 Å². The van der Waals surface area contributed by atoms with Crippen molar-refractivity contribution in [3.05, 3.63) is 77.6 Å². The SMILES string of the molecule is Cc1cc(C(=O)CN(C)CCOc2ccccc2)c(C)n1-c1ccc(S(N)(=O)=O)cc1. The van der Waals surface area contributed by atoms with Crippen LogP contribution in [0.25, 0.3) is 5.69 Å². The molecule has 1 heterocycles. The second kappa shape index (κ2) is 9.47. The molecule has 0 aliphatic heterocycles. The number of rotatable bonds is 9. The second-order valence-corrected chi connectivity index (χ2v) is 9.04. The largest absolute Gasteiger partial charge is 0.492 e. The van der Waals surface area contributed by atoms with Crippen LogP contribution in [0, 0.1) is 13.8 Å². The fraction of sp³-hybridized carbons (Fsp3) is 0.261. The van der Waals surface area contributed by atoms with Crippen LogP contribution in [0.4, 0.5) is 0 Å². The quantitative estimate of drug-likeness (QED) is 0.515. The summed E-state index contributed by atoms with van der Waals surface area (Å²) in [7, 11) is -1.86.